The predicted octanol–water partition coefficient (Wildman–Crippen LogP) is 3.58. The van der Waals surface area contributed by atoms with E-state index in [1.54, 1.807) is 18.6 Å². The van der Waals surface area contributed by atoms with Gasteiger partial charge in [-0.3, -0.25) is 9.88 Å². The monoisotopic (exact) mass is 333 g/mol. The highest BCUT2D eigenvalue weighted by Crippen LogP contribution is 2.26. The van der Waals surface area contributed by atoms with Crippen LogP contribution in [0.5, 0.6) is 0 Å². The normalized spacial score (nSPS) is 16.2. The third-order valence-electron chi connectivity index (χ3n) is 4.89. The number of pyridine rings is 1. The van der Waals surface area contributed by atoms with Gasteiger partial charge in [0.1, 0.15) is 5.52 Å². The Morgan fingerprint density at radius 1 is 0.960 bits per heavy atom. The van der Waals surface area contributed by atoms with Crippen LogP contribution in [0.1, 0.15) is 30.0 Å². The van der Waals surface area contributed by atoms with Crippen LogP contribution in [0.25, 0.3) is 11.0 Å². The fourth-order valence-corrected chi connectivity index (χ4v) is 3.52. The van der Waals surface area contributed by atoms with Gasteiger partial charge in [-0.2, -0.15) is 0 Å². The molecule has 0 bridgehead atoms. The van der Waals surface area contributed by atoms with Gasteiger partial charge in [-0.1, -0.05) is 29.8 Å². The zero-order chi connectivity index (χ0) is 17.1. The minimum absolute atomic E-state index is 0.344. The standard InChI is InChI=1S/C20H23N5/c1-15-4-6-16(7-5-15)18(25-12-2-3-13-25)14-24-20-19-17(8-9-23-20)21-10-11-22-19/h4-11,18H,2-3,12-14H2,1H3,(H,23,24). The first kappa shape index (κ1) is 16.0. The number of likely N-dealkylation sites (tertiary alicyclic amines) is 1. The summed E-state index contributed by atoms with van der Waals surface area (Å²) in [6.45, 7) is 5.25. The number of nitrogens with zero attached hydrogens (tertiary/aromatic N) is 4. The van der Waals surface area contributed by atoms with Crippen LogP contribution in [0, 0.1) is 6.92 Å². The van der Waals surface area contributed by atoms with E-state index in [0.717, 1.165) is 36.5 Å². The number of rotatable bonds is 5. The lowest BCUT2D eigenvalue weighted by molar-refractivity contribution is 0.256. The van der Waals surface area contributed by atoms with Crippen molar-refractivity contribution >= 4 is 16.9 Å². The molecule has 1 unspecified atom stereocenters. The van der Waals surface area contributed by atoms with Crippen molar-refractivity contribution in [2.75, 3.05) is 25.0 Å². The summed E-state index contributed by atoms with van der Waals surface area (Å²) in [4.78, 5) is 15.8. The van der Waals surface area contributed by atoms with Gasteiger partial charge in [0.2, 0.25) is 0 Å². The highest BCUT2D eigenvalue weighted by molar-refractivity contribution is 5.84. The molecule has 0 radical (unpaired) electrons. The summed E-state index contributed by atoms with van der Waals surface area (Å²) in [5.74, 6) is 0.807. The zero-order valence-corrected chi connectivity index (χ0v) is 14.5. The van der Waals surface area contributed by atoms with Crippen LogP contribution in [0.15, 0.2) is 48.9 Å². The van der Waals surface area contributed by atoms with Gasteiger partial charge in [-0.25, -0.2) is 9.97 Å². The molecular formula is C20H23N5. The van der Waals surface area contributed by atoms with Crippen LogP contribution in [0.4, 0.5) is 5.82 Å². The molecule has 3 aromatic rings. The number of aryl methyl sites for hydroxylation is 1. The van der Waals surface area contributed by atoms with Crippen LogP contribution >= 0.6 is 0 Å². The van der Waals surface area contributed by atoms with E-state index in [1.165, 1.54) is 24.0 Å². The van der Waals surface area contributed by atoms with Gasteiger partial charge in [0.25, 0.3) is 0 Å². The number of hydrogen-bond acceptors (Lipinski definition) is 5. The molecule has 1 aliphatic heterocycles. The molecule has 1 atom stereocenters. The first-order valence-electron chi connectivity index (χ1n) is 8.91. The Morgan fingerprint density at radius 2 is 1.72 bits per heavy atom. The summed E-state index contributed by atoms with van der Waals surface area (Å²) >= 11 is 0. The third kappa shape index (κ3) is 3.46. The molecule has 1 aromatic carbocycles. The van der Waals surface area contributed by atoms with Crippen molar-refractivity contribution < 1.29 is 0 Å². The van der Waals surface area contributed by atoms with E-state index >= 15 is 0 Å². The average molecular weight is 333 g/mol. The van der Waals surface area contributed by atoms with E-state index in [4.69, 9.17) is 0 Å². The van der Waals surface area contributed by atoms with Gasteiger partial charge >= 0.3 is 0 Å². The molecule has 2 aromatic heterocycles. The molecule has 25 heavy (non-hydrogen) atoms. The van der Waals surface area contributed by atoms with Crippen LogP contribution in [-0.4, -0.2) is 39.5 Å². The molecule has 4 rings (SSSR count). The number of aromatic nitrogens is 3. The van der Waals surface area contributed by atoms with Crippen molar-refractivity contribution in [3.63, 3.8) is 0 Å². The number of nitrogens with one attached hydrogen (secondary N) is 1. The first-order chi connectivity index (χ1) is 12.3. The molecule has 5 heteroatoms. The van der Waals surface area contributed by atoms with Crippen LogP contribution < -0.4 is 5.32 Å². The van der Waals surface area contributed by atoms with Crippen molar-refractivity contribution in [2.45, 2.75) is 25.8 Å². The van der Waals surface area contributed by atoms with Gasteiger partial charge < -0.3 is 5.32 Å². The largest absolute Gasteiger partial charge is 0.366 e. The lowest BCUT2D eigenvalue weighted by Gasteiger charge is -2.28. The molecule has 0 spiro atoms. The van der Waals surface area contributed by atoms with E-state index < -0.39 is 0 Å². The number of fused-ring (bicyclic) bond motifs is 1. The minimum atomic E-state index is 0.344. The second-order valence-electron chi connectivity index (χ2n) is 6.63. The molecule has 1 fully saturated rings. The number of hydrogen-bond donors (Lipinski definition) is 1. The quantitative estimate of drug-likeness (QED) is 0.773. The fourth-order valence-electron chi connectivity index (χ4n) is 3.52. The molecule has 0 aliphatic carbocycles. The summed E-state index contributed by atoms with van der Waals surface area (Å²) in [5, 5.41) is 3.52. The molecule has 1 N–H and O–H groups in total. The van der Waals surface area contributed by atoms with Crippen molar-refractivity contribution in [2.24, 2.45) is 0 Å². The van der Waals surface area contributed by atoms with E-state index in [1.807, 2.05) is 6.07 Å². The van der Waals surface area contributed by atoms with Crippen LogP contribution in [0.2, 0.25) is 0 Å². The van der Waals surface area contributed by atoms with Gasteiger partial charge in [0, 0.05) is 25.1 Å². The molecule has 3 heterocycles. The van der Waals surface area contributed by atoms with Crippen molar-refractivity contribution in [1.82, 2.24) is 19.9 Å². The average Bonchev–Trinajstić information content (AvgIpc) is 3.18. The molecular weight excluding hydrogens is 310 g/mol. The summed E-state index contributed by atoms with van der Waals surface area (Å²) in [6, 6.07) is 11.1. The Bertz CT molecular complexity index is 835. The Morgan fingerprint density at radius 3 is 2.52 bits per heavy atom. The second kappa shape index (κ2) is 7.15. The smallest absolute Gasteiger partial charge is 0.154 e. The maximum atomic E-state index is 4.48. The van der Waals surface area contributed by atoms with Gasteiger partial charge in [-0.15, -0.1) is 0 Å². The molecule has 5 nitrogen and oxygen atoms in total. The van der Waals surface area contributed by atoms with Gasteiger partial charge in [0.05, 0.1) is 11.6 Å². The maximum absolute atomic E-state index is 4.48. The Kier molecular flexibility index (Phi) is 4.57. The van der Waals surface area contributed by atoms with E-state index in [-0.39, 0.29) is 0 Å². The SMILES string of the molecule is Cc1ccc(C(CNc2nccc3nccnc23)N2CCCC2)cc1. The summed E-state index contributed by atoms with van der Waals surface area (Å²) < 4.78 is 0. The van der Waals surface area contributed by atoms with Gasteiger partial charge in [-0.05, 0) is 44.5 Å². The van der Waals surface area contributed by atoms with Gasteiger partial charge in [0.15, 0.2) is 5.82 Å². The molecule has 1 saturated heterocycles. The Hall–Kier alpha value is -2.53. The van der Waals surface area contributed by atoms with Crippen LogP contribution in [-0.2, 0) is 0 Å². The first-order valence-corrected chi connectivity index (χ1v) is 8.91. The fraction of sp³-hybridized carbons (Fsp3) is 0.350. The molecule has 0 amide bonds. The van der Waals surface area contributed by atoms with E-state index in [9.17, 15) is 0 Å². The highest BCUT2D eigenvalue weighted by atomic mass is 15.2. The summed E-state index contributed by atoms with van der Waals surface area (Å²) in [5.41, 5.74) is 4.34. The Labute approximate surface area is 148 Å². The topological polar surface area (TPSA) is 53.9 Å². The highest BCUT2D eigenvalue weighted by Gasteiger charge is 2.23. The van der Waals surface area contributed by atoms with Crippen molar-refractivity contribution in [3.05, 3.63) is 60.0 Å². The van der Waals surface area contributed by atoms with Crippen molar-refractivity contribution in [1.29, 1.82) is 0 Å². The molecule has 128 valence electrons. The van der Waals surface area contributed by atoms with Crippen molar-refractivity contribution in [3.8, 4) is 0 Å². The predicted molar refractivity (Wildman–Crippen MR) is 101 cm³/mol. The second-order valence-corrected chi connectivity index (χ2v) is 6.63. The maximum Gasteiger partial charge on any atom is 0.154 e. The van der Waals surface area contributed by atoms with Crippen LogP contribution in [0.3, 0.4) is 0 Å². The summed E-state index contributed by atoms with van der Waals surface area (Å²) in [7, 11) is 0. The van der Waals surface area contributed by atoms with E-state index in [2.05, 4.69) is 56.4 Å². The zero-order valence-electron chi connectivity index (χ0n) is 14.5. The minimum Gasteiger partial charge on any atom is -0.366 e. The lowest BCUT2D eigenvalue weighted by Crippen LogP contribution is -2.31. The third-order valence-corrected chi connectivity index (χ3v) is 4.89. The lowest BCUT2D eigenvalue weighted by atomic mass is 10.0. The number of anilines is 1. The molecule has 1 aliphatic rings. The number of benzene rings is 1. The molecule has 0 saturated carbocycles. The summed E-state index contributed by atoms with van der Waals surface area (Å²) in [6.07, 6.45) is 7.77. The Balaban J connectivity index is 1.59. The van der Waals surface area contributed by atoms with E-state index in [0.29, 0.717) is 6.04 Å².